The van der Waals surface area contributed by atoms with Crippen LogP contribution in [0, 0.1) is 0 Å². The highest BCUT2D eigenvalue weighted by Gasteiger charge is 2.17. The zero-order valence-corrected chi connectivity index (χ0v) is 14.3. The summed E-state index contributed by atoms with van der Waals surface area (Å²) in [5.41, 5.74) is 1.16. The molecule has 0 aromatic heterocycles. The molecule has 2 fully saturated rings. The molecule has 7 heteroatoms. The van der Waals surface area contributed by atoms with Crippen molar-refractivity contribution in [3.8, 4) is 0 Å². The predicted octanol–water partition coefficient (Wildman–Crippen LogP) is 0.866. The van der Waals surface area contributed by atoms with E-state index >= 15 is 0 Å². The van der Waals surface area contributed by atoms with E-state index in [9.17, 15) is 9.59 Å². The third-order valence-electron chi connectivity index (χ3n) is 4.39. The zero-order valence-electron chi connectivity index (χ0n) is 14.3. The fourth-order valence-corrected chi connectivity index (χ4v) is 3.01. The number of nitrogens with zero attached hydrogens (tertiary/aromatic N) is 1. The van der Waals surface area contributed by atoms with Crippen LogP contribution in [0.3, 0.4) is 0 Å². The number of hydrogen-bond acceptors (Lipinski definition) is 5. The number of nitrogens with one attached hydrogen (secondary N) is 2. The lowest BCUT2D eigenvalue weighted by Crippen LogP contribution is -2.41. The van der Waals surface area contributed by atoms with Gasteiger partial charge in [0, 0.05) is 37.5 Å². The number of morpholine rings is 1. The summed E-state index contributed by atoms with van der Waals surface area (Å²) in [6, 6.07) is 6.99. The van der Waals surface area contributed by atoms with Gasteiger partial charge < -0.3 is 20.1 Å². The Morgan fingerprint density at radius 3 is 2.80 bits per heavy atom. The van der Waals surface area contributed by atoms with Crippen LogP contribution in [0.25, 0.3) is 0 Å². The van der Waals surface area contributed by atoms with Gasteiger partial charge >= 0.3 is 0 Å². The van der Waals surface area contributed by atoms with Crippen LogP contribution in [0.15, 0.2) is 24.3 Å². The van der Waals surface area contributed by atoms with Crippen molar-refractivity contribution >= 4 is 17.5 Å². The molecule has 2 N–H and O–H groups in total. The van der Waals surface area contributed by atoms with Gasteiger partial charge in [0.15, 0.2) is 0 Å². The first kappa shape index (κ1) is 17.8. The second-order valence-corrected chi connectivity index (χ2v) is 6.36. The van der Waals surface area contributed by atoms with Gasteiger partial charge in [-0.1, -0.05) is 6.07 Å². The van der Waals surface area contributed by atoms with Gasteiger partial charge in [0.1, 0.15) is 0 Å². The van der Waals surface area contributed by atoms with E-state index in [4.69, 9.17) is 9.47 Å². The van der Waals surface area contributed by atoms with Crippen molar-refractivity contribution in [1.29, 1.82) is 0 Å². The fourth-order valence-electron chi connectivity index (χ4n) is 3.01. The third-order valence-corrected chi connectivity index (χ3v) is 4.39. The van der Waals surface area contributed by atoms with Crippen molar-refractivity contribution in [3.63, 3.8) is 0 Å². The molecule has 1 aromatic carbocycles. The minimum atomic E-state index is -0.153. The molecule has 2 amide bonds. The van der Waals surface area contributed by atoms with Crippen molar-refractivity contribution in [2.24, 2.45) is 0 Å². The van der Waals surface area contributed by atoms with E-state index in [1.165, 1.54) is 0 Å². The molecule has 2 aliphatic heterocycles. The maximum Gasteiger partial charge on any atom is 0.251 e. The first-order chi connectivity index (χ1) is 12.2. The molecule has 1 aromatic rings. The molecule has 7 nitrogen and oxygen atoms in total. The van der Waals surface area contributed by atoms with Gasteiger partial charge in [-0.25, -0.2) is 0 Å². The molecule has 1 unspecified atom stereocenters. The highest BCUT2D eigenvalue weighted by atomic mass is 16.5. The van der Waals surface area contributed by atoms with E-state index in [1.807, 2.05) is 0 Å². The number of rotatable bonds is 6. The number of benzene rings is 1. The van der Waals surface area contributed by atoms with Crippen LogP contribution in [-0.4, -0.2) is 68.8 Å². The molecule has 2 heterocycles. The van der Waals surface area contributed by atoms with Gasteiger partial charge in [-0.15, -0.1) is 0 Å². The zero-order chi connectivity index (χ0) is 17.5. The van der Waals surface area contributed by atoms with Gasteiger partial charge in [0.05, 0.1) is 25.9 Å². The molecule has 0 aliphatic carbocycles. The summed E-state index contributed by atoms with van der Waals surface area (Å²) in [6.07, 6.45) is 2.14. The van der Waals surface area contributed by atoms with E-state index in [0.29, 0.717) is 37.6 Å². The van der Waals surface area contributed by atoms with Crippen LogP contribution < -0.4 is 10.6 Å². The van der Waals surface area contributed by atoms with E-state index in [-0.39, 0.29) is 17.9 Å². The number of ether oxygens (including phenoxy) is 2. The number of anilines is 1. The molecule has 0 bridgehead atoms. The molecule has 25 heavy (non-hydrogen) atoms. The minimum Gasteiger partial charge on any atom is -0.379 e. The summed E-state index contributed by atoms with van der Waals surface area (Å²) < 4.78 is 10.8. The molecule has 2 saturated heterocycles. The summed E-state index contributed by atoms with van der Waals surface area (Å²) >= 11 is 0. The average molecular weight is 347 g/mol. The van der Waals surface area contributed by atoms with Crippen molar-refractivity contribution in [3.05, 3.63) is 29.8 Å². The second-order valence-electron chi connectivity index (χ2n) is 6.36. The molecule has 1 atom stereocenters. The second kappa shape index (κ2) is 8.94. The lowest BCUT2D eigenvalue weighted by molar-refractivity contribution is -0.118. The van der Waals surface area contributed by atoms with Gasteiger partial charge in [-0.05, 0) is 31.0 Å². The normalized spacial score (nSPS) is 21.0. The molecular weight excluding hydrogens is 322 g/mol. The standard InChI is InChI=1S/C18H25N3O4/c22-17(13-21-6-9-24-10-7-21)20-15-4-1-3-14(11-15)18(23)19-12-16-5-2-8-25-16/h1,3-4,11,16H,2,5-10,12-13H2,(H,19,23)(H,20,22). The lowest BCUT2D eigenvalue weighted by atomic mass is 10.1. The van der Waals surface area contributed by atoms with Crippen molar-refractivity contribution in [2.45, 2.75) is 18.9 Å². The van der Waals surface area contributed by atoms with Crippen LogP contribution in [-0.2, 0) is 14.3 Å². The highest BCUT2D eigenvalue weighted by Crippen LogP contribution is 2.13. The summed E-state index contributed by atoms with van der Waals surface area (Å²) in [7, 11) is 0. The van der Waals surface area contributed by atoms with Gasteiger partial charge in [0.25, 0.3) is 5.91 Å². The Bertz CT molecular complexity index is 596. The minimum absolute atomic E-state index is 0.0844. The average Bonchev–Trinajstić information content (AvgIpc) is 3.14. The van der Waals surface area contributed by atoms with E-state index in [2.05, 4.69) is 15.5 Å². The summed E-state index contributed by atoms with van der Waals surface area (Å²) in [5.74, 6) is -0.237. The van der Waals surface area contributed by atoms with Crippen molar-refractivity contribution < 1.29 is 19.1 Å². The summed E-state index contributed by atoms with van der Waals surface area (Å²) in [4.78, 5) is 26.5. The van der Waals surface area contributed by atoms with Crippen molar-refractivity contribution in [2.75, 3.05) is 51.3 Å². The predicted molar refractivity (Wildman–Crippen MR) is 93.6 cm³/mol. The first-order valence-electron chi connectivity index (χ1n) is 8.80. The monoisotopic (exact) mass is 347 g/mol. The van der Waals surface area contributed by atoms with E-state index < -0.39 is 0 Å². The van der Waals surface area contributed by atoms with E-state index in [1.54, 1.807) is 24.3 Å². The summed E-state index contributed by atoms with van der Waals surface area (Å²) in [5, 5.41) is 5.74. The number of hydrogen-bond donors (Lipinski definition) is 2. The van der Waals surface area contributed by atoms with E-state index in [0.717, 1.165) is 32.5 Å². The maximum atomic E-state index is 12.3. The first-order valence-corrected chi connectivity index (χ1v) is 8.80. The van der Waals surface area contributed by atoms with Crippen LogP contribution >= 0.6 is 0 Å². The molecule has 0 radical (unpaired) electrons. The van der Waals surface area contributed by atoms with Gasteiger partial charge in [0.2, 0.25) is 5.91 Å². The molecule has 0 spiro atoms. The molecule has 0 saturated carbocycles. The smallest absolute Gasteiger partial charge is 0.251 e. The quantitative estimate of drug-likeness (QED) is 0.798. The van der Waals surface area contributed by atoms with Crippen LogP contribution in [0.4, 0.5) is 5.69 Å². The molecule has 136 valence electrons. The lowest BCUT2D eigenvalue weighted by Gasteiger charge is -2.25. The number of carbonyl (C=O) groups is 2. The Hall–Kier alpha value is -1.96. The Kier molecular flexibility index (Phi) is 6.38. The van der Waals surface area contributed by atoms with Crippen LogP contribution in [0.2, 0.25) is 0 Å². The fraction of sp³-hybridized carbons (Fsp3) is 0.556. The Labute approximate surface area is 147 Å². The molecule has 2 aliphatic rings. The third kappa shape index (κ3) is 5.52. The van der Waals surface area contributed by atoms with Crippen LogP contribution in [0.5, 0.6) is 0 Å². The SMILES string of the molecule is O=C(CN1CCOCC1)Nc1cccc(C(=O)NCC2CCCO2)c1. The molecule has 3 rings (SSSR count). The Morgan fingerprint density at radius 1 is 1.20 bits per heavy atom. The molecular formula is C18H25N3O4. The van der Waals surface area contributed by atoms with Crippen molar-refractivity contribution in [1.82, 2.24) is 10.2 Å². The highest BCUT2D eigenvalue weighted by molar-refractivity contribution is 5.97. The number of amides is 2. The van der Waals surface area contributed by atoms with Gasteiger partial charge in [-0.2, -0.15) is 0 Å². The summed E-state index contributed by atoms with van der Waals surface area (Å²) in [6.45, 7) is 4.47. The largest absolute Gasteiger partial charge is 0.379 e. The number of carbonyl (C=O) groups excluding carboxylic acids is 2. The Balaban J connectivity index is 1.49. The van der Waals surface area contributed by atoms with Crippen LogP contribution in [0.1, 0.15) is 23.2 Å². The van der Waals surface area contributed by atoms with Gasteiger partial charge in [-0.3, -0.25) is 14.5 Å². The maximum absolute atomic E-state index is 12.3. The topological polar surface area (TPSA) is 79.9 Å². The Morgan fingerprint density at radius 2 is 2.04 bits per heavy atom.